The highest BCUT2D eigenvalue weighted by atomic mass is 16.5. The van der Waals surface area contributed by atoms with Crippen LogP contribution < -0.4 is 4.74 Å². The van der Waals surface area contributed by atoms with E-state index in [4.69, 9.17) is 9.26 Å². The van der Waals surface area contributed by atoms with Crippen LogP contribution in [-0.2, 0) is 19.7 Å². The first-order chi connectivity index (χ1) is 14.2. The molecule has 0 aliphatic heterocycles. The van der Waals surface area contributed by atoms with Crippen molar-refractivity contribution in [2.75, 3.05) is 7.05 Å². The molecule has 0 spiro atoms. The average molecular weight is 411 g/mol. The molecule has 7 heteroatoms. The highest BCUT2D eigenvalue weighted by Crippen LogP contribution is 2.25. The minimum atomic E-state index is -0.199. The van der Waals surface area contributed by atoms with Crippen molar-refractivity contribution in [1.82, 2.24) is 19.8 Å². The fraction of sp³-hybridized carbons (Fsp3) is 0.435. The summed E-state index contributed by atoms with van der Waals surface area (Å²) in [5.74, 6) is 1.21. The third-order valence-electron chi connectivity index (χ3n) is 5.53. The minimum absolute atomic E-state index is 0.199. The lowest BCUT2D eigenvalue weighted by Crippen LogP contribution is -2.28. The molecule has 0 aliphatic rings. The lowest BCUT2D eigenvalue weighted by molar-refractivity contribution is 0.0772. The molecule has 7 nitrogen and oxygen atoms in total. The number of carbonyl (C=O) groups excluding carboxylic acids is 1. The third-order valence-corrected chi connectivity index (χ3v) is 5.53. The van der Waals surface area contributed by atoms with E-state index in [2.05, 4.69) is 17.2 Å². The molecular weight excluding hydrogens is 380 g/mol. The summed E-state index contributed by atoms with van der Waals surface area (Å²) in [5.41, 5.74) is 6.13. The van der Waals surface area contributed by atoms with E-state index in [1.807, 2.05) is 50.6 Å². The molecule has 3 rings (SSSR count). The van der Waals surface area contributed by atoms with Gasteiger partial charge in [0.1, 0.15) is 18.1 Å². The van der Waals surface area contributed by atoms with Crippen LogP contribution in [0.4, 0.5) is 0 Å². The van der Waals surface area contributed by atoms with Crippen molar-refractivity contribution in [2.24, 2.45) is 0 Å². The molecule has 0 saturated heterocycles. The summed E-state index contributed by atoms with van der Waals surface area (Å²) in [4.78, 5) is 14.8. The third kappa shape index (κ3) is 4.10. The van der Waals surface area contributed by atoms with Crippen LogP contribution in [0.15, 0.2) is 22.7 Å². The number of carbonyl (C=O) groups is 1. The Labute approximate surface area is 177 Å². The lowest BCUT2D eigenvalue weighted by atomic mass is 10.1. The monoisotopic (exact) mass is 410 g/mol. The van der Waals surface area contributed by atoms with E-state index < -0.39 is 0 Å². The Morgan fingerprint density at radius 3 is 2.40 bits per heavy atom. The highest BCUT2D eigenvalue weighted by molar-refractivity contribution is 5.93. The zero-order valence-corrected chi connectivity index (χ0v) is 18.9. The van der Waals surface area contributed by atoms with Crippen LogP contribution in [0, 0.1) is 34.6 Å². The fourth-order valence-electron chi connectivity index (χ4n) is 3.66. The normalized spacial score (nSPS) is 11.0. The van der Waals surface area contributed by atoms with E-state index in [0.29, 0.717) is 23.6 Å². The Morgan fingerprint density at radius 2 is 1.80 bits per heavy atom. The zero-order valence-electron chi connectivity index (χ0n) is 18.9. The van der Waals surface area contributed by atoms with Crippen molar-refractivity contribution in [1.29, 1.82) is 0 Å². The SMILES string of the molecule is CCn1nc(C)c(CN(C)C(=O)c2noc(C)c2COc2c(C)cccc2C)c1C. The van der Waals surface area contributed by atoms with Gasteiger partial charge in [0.05, 0.1) is 11.3 Å². The van der Waals surface area contributed by atoms with Crippen LogP contribution in [-0.4, -0.2) is 32.8 Å². The maximum absolute atomic E-state index is 13.1. The molecule has 0 radical (unpaired) electrons. The summed E-state index contributed by atoms with van der Waals surface area (Å²) >= 11 is 0. The topological polar surface area (TPSA) is 73.4 Å². The number of aryl methyl sites for hydroxylation is 5. The molecule has 0 aliphatic carbocycles. The molecule has 0 unspecified atom stereocenters. The first-order valence-electron chi connectivity index (χ1n) is 10.2. The summed E-state index contributed by atoms with van der Waals surface area (Å²) < 4.78 is 13.3. The summed E-state index contributed by atoms with van der Waals surface area (Å²) in [6.07, 6.45) is 0. The van der Waals surface area contributed by atoms with Gasteiger partial charge in [-0.05, 0) is 52.7 Å². The highest BCUT2D eigenvalue weighted by Gasteiger charge is 2.25. The van der Waals surface area contributed by atoms with E-state index in [1.165, 1.54) is 0 Å². The molecule has 3 aromatic rings. The van der Waals surface area contributed by atoms with Crippen LogP contribution in [0.2, 0.25) is 0 Å². The predicted molar refractivity (Wildman–Crippen MR) is 115 cm³/mol. The Morgan fingerprint density at radius 1 is 1.13 bits per heavy atom. The summed E-state index contributed by atoms with van der Waals surface area (Å²) in [7, 11) is 1.77. The van der Waals surface area contributed by atoms with Crippen molar-refractivity contribution in [2.45, 2.75) is 61.2 Å². The van der Waals surface area contributed by atoms with Gasteiger partial charge in [-0.3, -0.25) is 9.48 Å². The van der Waals surface area contributed by atoms with Crippen molar-refractivity contribution >= 4 is 5.91 Å². The van der Waals surface area contributed by atoms with Gasteiger partial charge in [-0.15, -0.1) is 0 Å². The van der Waals surface area contributed by atoms with Crippen LogP contribution >= 0.6 is 0 Å². The van der Waals surface area contributed by atoms with Crippen LogP contribution in [0.1, 0.15) is 56.8 Å². The van der Waals surface area contributed by atoms with Gasteiger partial charge in [0, 0.05) is 31.4 Å². The van der Waals surface area contributed by atoms with Gasteiger partial charge in [0.2, 0.25) is 0 Å². The van der Waals surface area contributed by atoms with Gasteiger partial charge < -0.3 is 14.2 Å². The number of amides is 1. The molecule has 160 valence electrons. The summed E-state index contributed by atoms with van der Waals surface area (Å²) in [5, 5.41) is 8.57. The molecule has 0 N–H and O–H groups in total. The number of para-hydroxylation sites is 1. The zero-order chi connectivity index (χ0) is 22.0. The second-order valence-electron chi connectivity index (χ2n) is 7.70. The van der Waals surface area contributed by atoms with Gasteiger partial charge >= 0.3 is 0 Å². The molecule has 0 bridgehead atoms. The molecule has 0 saturated carbocycles. The van der Waals surface area contributed by atoms with Crippen molar-refractivity contribution < 1.29 is 14.1 Å². The number of nitrogens with zero attached hydrogens (tertiary/aromatic N) is 4. The predicted octanol–water partition coefficient (Wildman–Crippen LogP) is 4.28. The smallest absolute Gasteiger partial charge is 0.276 e. The van der Waals surface area contributed by atoms with Gasteiger partial charge in [0.25, 0.3) is 5.91 Å². The Hall–Kier alpha value is -3.09. The fourth-order valence-corrected chi connectivity index (χ4v) is 3.66. The number of benzene rings is 1. The van der Waals surface area contributed by atoms with Gasteiger partial charge in [-0.2, -0.15) is 5.10 Å². The second-order valence-corrected chi connectivity index (χ2v) is 7.70. The van der Waals surface area contributed by atoms with Crippen LogP contribution in [0.25, 0.3) is 0 Å². The van der Waals surface area contributed by atoms with Crippen molar-refractivity contribution in [3.05, 3.63) is 63.3 Å². The Kier molecular flexibility index (Phi) is 6.29. The number of aromatic nitrogens is 3. The standard InChI is InChI=1S/C23H30N4O3/c1-8-27-17(5)19(16(4)24-27)12-26(7)23(28)21-20(18(6)30-25-21)13-29-22-14(2)10-9-11-15(22)3/h9-11H,8,12-13H2,1-7H3. The second kappa shape index (κ2) is 8.73. The summed E-state index contributed by atoms with van der Waals surface area (Å²) in [6.45, 7) is 13.3. The molecule has 2 aromatic heterocycles. The molecule has 2 heterocycles. The molecule has 1 amide bonds. The van der Waals surface area contributed by atoms with Crippen LogP contribution in [0.5, 0.6) is 5.75 Å². The minimum Gasteiger partial charge on any atom is -0.488 e. The average Bonchev–Trinajstić information content (AvgIpc) is 3.21. The van der Waals surface area contributed by atoms with Crippen LogP contribution in [0.3, 0.4) is 0 Å². The number of rotatable bonds is 7. The lowest BCUT2D eigenvalue weighted by Gasteiger charge is -2.17. The van der Waals surface area contributed by atoms with Crippen molar-refractivity contribution in [3.63, 3.8) is 0 Å². The van der Waals surface area contributed by atoms with E-state index in [-0.39, 0.29) is 12.5 Å². The molecule has 0 atom stereocenters. The molecular formula is C23H30N4O3. The molecule has 0 fully saturated rings. The van der Waals surface area contributed by atoms with Gasteiger partial charge in [0.15, 0.2) is 5.69 Å². The first kappa shape index (κ1) is 21.6. The van der Waals surface area contributed by atoms with E-state index >= 15 is 0 Å². The van der Waals surface area contributed by atoms with Crippen molar-refractivity contribution in [3.8, 4) is 5.75 Å². The van der Waals surface area contributed by atoms with Gasteiger partial charge in [-0.1, -0.05) is 23.4 Å². The summed E-state index contributed by atoms with van der Waals surface area (Å²) in [6, 6.07) is 6.00. The Bertz CT molecular complexity index is 1040. The van der Waals surface area contributed by atoms with E-state index in [9.17, 15) is 4.79 Å². The quantitative estimate of drug-likeness (QED) is 0.581. The Balaban J connectivity index is 1.79. The van der Waals surface area contributed by atoms with E-state index in [1.54, 1.807) is 18.9 Å². The molecule has 30 heavy (non-hydrogen) atoms. The number of ether oxygens (including phenoxy) is 1. The van der Waals surface area contributed by atoms with Gasteiger partial charge in [-0.25, -0.2) is 0 Å². The first-order valence-corrected chi connectivity index (χ1v) is 10.2. The number of hydrogen-bond acceptors (Lipinski definition) is 5. The maximum Gasteiger partial charge on any atom is 0.276 e. The largest absolute Gasteiger partial charge is 0.488 e. The van der Waals surface area contributed by atoms with E-state index in [0.717, 1.165) is 40.4 Å². The maximum atomic E-state index is 13.1. The number of hydrogen-bond donors (Lipinski definition) is 0. The molecule has 1 aromatic carbocycles.